The molecule has 12 heterocycles. The molecule has 0 aliphatic carbocycles. The number of aryl methyl sites for hydroxylation is 3. The van der Waals surface area contributed by atoms with Crippen LogP contribution in [0.3, 0.4) is 0 Å². The molecule has 3 aromatic carbocycles. The number of nitriles is 3. The predicted octanol–water partition coefficient (Wildman–Crippen LogP) is 19.3. The van der Waals surface area contributed by atoms with E-state index in [1.54, 1.807) is 136 Å². The number of aromatic nitrogens is 9. The minimum absolute atomic E-state index is 0.0355. The molecule has 6 atom stereocenters. The number of carbonyl (C=O) groups excluding carboxylic acids is 3. The molecule has 3 aliphatic rings. The molecule has 0 radical (unpaired) electrons. The van der Waals surface area contributed by atoms with Gasteiger partial charge in [-0.25, -0.2) is 63.2 Å². The highest BCUT2D eigenvalue weighted by Gasteiger charge is 2.46. The molecule has 12 aromatic rings. The van der Waals surface area contributed by atoms with Crippen LogP contribution in [0.15, 0.2) is 107 Å². The first-order valence-corrected chi connectivity index (χ1v) is 45.6. The number of alkyl halides is 3. The second kappa shape index (κ2) is 40.8. The molecule has 750 valence electrons. The minimum atomic E-state index is -5.68. The van der Waals surface area contributed by atoms with Gasteiger partial charge < -0.3 is 46.6 Å². The van der Waals surface area contributed by atoms with E-state index in [2.05, 4.69) is 49.6 Å². The third-order valence-electron chi connectivity index (χ3n) is 25.3. The lowest BCUT2D eigenvalue weighted by Crippen LogP contribution is -2.58. The molecule has 3 aliphatic heterocycles. The Kier molecular flexibility index (Phi) is 30.1. The highest BCUT2D eigenvalue weighted by atomic mass is 35.5. The molecule has 0 spiro atoms. The summed E-state index contributed by atoms with van der Waals surface area (Å²) < 4.78 is 207. The van der Waals surface area contributed by atoms with Gasteiger partial charge in [0.1, 0.15) is 63.2 Å². The van der Waals surface area contributed by atoms with Gasteiger partial charge in [0.2, 0.25) is 17.7 Å². The van der Waals surface area contributed by atoms with Gasteiger partial charge in [-0.1, -0.05) is 96.1 Å². The maximum absolute atomic E-state index is 15.7. The first-order valence-electron chi connectivity index (χ1n) is 44.5. The van der Waals surface area contributed by atoms with Crippen molar-refractivity contribution in [3.8, 4) is 69.0 Å². The van der Waals surface area contributed by atoms with E-state index in [1.165, 1.54) is 36.6 Å². The number of carbonyl (C=O) groups is 3. The fourth-order valence-electron chi connectivity index (χ4n) is 19.1. The fraction of sp³-hybridized carbons (Fsp3) is 0.310. The number of hydrogen-bond acceptors (Lipinski definition) is 21. The first-order chi connectivity index (χ1) is 67.7. The summed E-state index contributed by atoms with van der Waals surface area (Å²) in [4.78, 5) is 118. The second-order valence-corrected chi connectivity index (χ2v) is 37.1. The lowest BCUT2D eigenvalue weighted by atomic mass is 9.99. The summed E-state index contributed by atoms with van der Waals surface area (Å²) in [5.41, 5.74) is 6.01. The number of amides is 3. The number of nitrogens with zero attached hydrogens (tertiary/aromatic N) is 18. The molecule has 6 N–H and O–H groups in total. The van der Waals surface area contributed by atoms with Gasteiger partial charge in [-0.2, -0.15) is 29.0 Å². The number of fused-ring (bicyclic) bond motifs is 3. The SMILES string of the molecule is C=CC(=O)N1[C@H](C)CN(c2c(C#N)c(=O)n(-c3c(C)ccnc3C(C)C)c3nc(-c4c(N)c(F)c(F)c(C(F)(F)F)c4F)c(Cl)cc23)C[C@@H]1C.C=CC(=O)N1[C@H](C)CN(c2c(C#N)c(=O)n(-c3c(C)ccnc3C(C)C)c3nc(-c4c(N)c(F)c(F)c(F)c4F)c(Cl)cc23)C[C@@H]1C.C=CC(=O)N1[C@H](C)CN(c2c(C#N)c(=O)n(-c3c(C)ccnc3C(C)C)c3nc(-c4c(N)c(F)c(F)c(F)c4F)c(Cl)cc23)C[C@@H]1C. The predicted molar refractivity (Wildman–Crippen MR) is 520 cm³/mol. The quantitative estimate of drug-likeness (QED) is 0.0282. The molecule has 9 aromatic heterocycles. The van der Waals surface area contributed by atoms with Crippen LogP contribution in [-0.4, -0.2) is 152 Å². The van der Waals surface area contributed by atoms with Gasteiger partial charge in [0.05, 0.1) is 117 Å². The van der Waals surface area contributed by atoms with Crippen molar-refractivity contribution in [3.05, 3.63) is 259 Å². The Bertz CT molecular complexity index is 7420. The lowest BCUT2D eigenvalue weighted by Gasteiger charge is -2.45. The standard InChI is InChI=1S/C34H30ClF6N7O2.2C33H30ClF4N7O2/c1-7-21(49)47-16(5)12-46(13-17(47)6)31-18-10-20(35)29(22-24(36)23(34(39,40)41)25(37)26(38)27(22)43)45-32(18)48(33(50)19(31)11-42)30-15(4)8-9-44-28(30)14(2)3;2*1-7-21(46)44-16(5)12-43(13-17(44)6)31-18-10-20(34)29(22-23(35)24(36)25(37)26(38)27(22)40)42-32(18)45(33(47)19(31)11-39)30-15(4)8-9-41-28(30)14(2)3/h7-10,14,16-17H,1,12-13,43H2,2-6H3;2*7-10,14,16-17H,1,12-13,40H2,2-6H3/t3*16-,17+. The summed E-state index contributed by atoms with van der Waals surface area (Å²) in [5, 5.41) is 30.5. The molecular formula is C100H90Cl3F14N21O6. The van der Waals surface area contributed by atoms with E-state index in [9.17, 15) is 92.8 Å². The van der Waals surface area contributed by atoms with Crippen LogP contribution in [0.4, 0.5) is 95.6 Å². The van der Waals surface area contributed by atoms with E-state index >= 15 is 13.2 Å². The number of halogens is 17. The topological polar surface area (TPSA) is 363 Å². The fourth-order valence-corrected chi connectivity index (χ4v) is 19.9. The molecule has 3 fully saturated rings. The Morgan fingerprint density at radius 2 is 0.625 bits per heavy atom. The number of nitrogen functional groups attached to an aromatic ring is 3. The number of benzene rings is 3. The van der Waals surface area contributed by atoms with E-state index in [1.807, 2.05) is 45.9 Å². The summed E-state index contributed by atoms with van der Waals surface area (Å²) in [5.74, 6) is -24.5. The molecule has 3 amide bonds. The molecule has 15 rings (SSSR count). The number of hydrogen-bond donors (Lipinski definition) is 3. The van der Waals surface area contributed by atoms with E-state index in [0.717, 1.165) is 19.8 Å². The van der Waals surface area contributed by atoms with Gasteiger partial charge in [0.15, 0.2) is 58.2 Å². The highest BCUT2D eigenvalue weighted by Crippen LogP contribution is 2.49. The highest BCUT2D eigenvalue weighted by molar-refractivity contribution is 6.35. The first kappa shape index (κ1) is 106. The summed E-state index contributed by atoms with van der Waals surface area (Å²) in [6, 6.07) is 12.2. The Balaban J connectivity index is 0.000000181. The number of rotatable bonds is 15. The molecule has 44 heteroatoms. The average Bonchev–Trinajstić information content (AvgIpc) is 0.726. The summed E-state index contributed by atoms with van der Waals surface area (Å²) in [7, 11) is 0. The van der Waals surface area contributed by atoms with Crippen molar-refractivity contribution in [3.63, 3.8) is 0 Å². The zero-order valence-electron chi connectivity index (χ0n) is 79.6. The van der Waals surface area contributed by atoms with Crippen molar-refractivity contribution in [2.75, 3.05) is 71.2 Å². The number of nitrogens with two attached hydrogens (primary N) is 3. The molecule has 0 unspecified atom stereocenters. The summed E-state index contributed by atoms with van der Waals surface area (Å²) in [6.45, 7) is 38.5. The Morgan fingerprint density at radius 3 is 0.847 bits per heavy atom. The van der Waals surface area contributed by atoms with Crippen molar-refractivity contribution >= 4 is 120 Å². The Labute approximate surface area is 828 Å². The van der Waals surface area contributed by atoms with E-state index < -0.39 is 160 Å². The van der Waals surface area contributed by atoms with Crippen molar-refractivity contribution < 1.29 is 75.8 Å². The van der Waals surface area contributed by atoms with Gasteiger partial charge >= 0.3 is 6.18 Å². The maximum atomic E-state index is 15.7. The normalized spacial score (nSPS) is 16.6. The van der Waals surface area contributed by atoms with Crippen LogP contribution >= 0.6 is 34.8 Å². The molecule has 0 saturated carbocycles. The number of anilines is 6. The van der Waals surface area contributed by atoms with Crippen LogP contribution < -0.4 is 48.6 Å². The molecule has 144 heavy (non-hydrogen) atoms. The van der Waals surface area contributed by atoms with E-state index in [0.29, 0.717) is 33.8 Å². The second-order valence-electron chi connectivity index (χ2n) is 35.9. The van der Waals surface area contributed by atoms with Gasteiger partial charge in [0, 0.05) is 110 Å². The zero-order valence-corrected chi connectivity index (χ0v) is 81.9. The third-order valence-corrected chi connectivity index (χ3v) is 26.2. The Morgan fingerprint density at radius 1 is 0.396 bits per heavy atom. The largest absolute Gasteiger partial charge is 0.422 e. The monoisotopic (exact) mass is 2050 g/mol. The lowest BCUT2D eigenvalue weighted by molar-refractivity contribution is -0.142. The van der Waals surface area contributed by atoms with Crippen molar-refractivity contribution in [1.82, 2.24) is 58.3 Å². The summed E-state index contributed by atoms with van der Waals surface area (Å²) >= 11 is 19.9. The minimum Gasteiger partial charge on any atom is -0.396 e. The van der Waals surface area contributed by atoms with E-state index in [4.69, 9.17) is 52.0 Å². The third kappa shape index (κ3) is 18.2. The van der Waals surface area contributed by atoms with Gasteiger partial charge in [-0.05, 0) is 151 Å². The van der Waals surface area contributed by atoms with Gasteiger partial charge in [-0.3, -0.25) is 57.4 Å². The van der Waals surface area contributed by atoms with Crippen LogP contribution in [0, 0.1) is 119 Å². The average molecular weight is 2050 g/mol. The number of pyridine rings is 9. The van der Waals surface area contributed by atoms with Crippen molar-refractivity contribution in [2.24, 2.45) is 0 Å². The number of piperazine rings is 3. The van der Waals surface area contributed by atoms with E-state index in [-0.39, 0.29) is 193 Å². The van der Waals surface area contributed by atoms with Crippen LogP contribution in [0.5, 0.6) is 0 Å². The molecule has 27 nitrogen and oxygen atoms in total. The van der Waals surface area contributed by atoms with Crippen LogP contribution in [-0.2, 0) is 20.6 Å². The van der Waals surface area contributed by atoms with Crippen LogP contribution in [0.1, 0.15) is 157 Å². The summed E-state index contributed by atoms with van der Waals surface area (Å²) in [6.07, 6.45) is 2.52. The van der Waals surface area contributed by atoms with Crippen molar-refractivity contribution in [2.45, 2.75) is 164 Å². The zero-order chi connectivity index (χ0) is 106. The molecular weight excluding hydrogens is 1960 g/mol. The van der Waals surface area contributed by atoms with Gasteiger partial charge in [0.25, 0.3) is 16.7 Å². The van der Waals surface area contributed by atoms with Crippen LogP contribution in [0.25, 0.3) is 83.9 Å². The van der Waals surface area contributed by atoms with Crippen molar-refractivity contribution in [1.29, 1.82) is 15.8 Å². The Hall–Kier alpha value is -15.0. The van der Waals surface area contributed by atoms with Gasteiger partial charge in [-0.15, -0.1) is 0 Å². The molecule has 3 saturated heterocycles. The maximum Gasteiger partial charge on any atom is 0.422 e. The van der Waals surface area contributed by atoms with Crippen LogP contribution in [0.2, 0.25) is 15.1 Å². The molecule has 0 bridgehead atoms. The smallest absolute Gasteiger partial charge is 0.396 e.